The summed E-state index contributed by atoms with van der Waals surface area (Å²) >= 11 is 0. The van der Waals surface area contributed by atoms with Gasteiger partial charge in [-0.05, 0) is 19.4 Å². The van der Waals surface area contributed by atoms with Crippen LogP contribution < -0.4 is 5.32 Å². The lowest BCUT2D eigenvalue weighted by Crippen LogP contribution is -2.60. The van der Waals surface area contributed by atoms with Crippen LogP contribution in [0, 0.1) is 0 Å². The zero-order valence-electron chi connectivity index (χ0n) is 9.05. The van der Waals surface area contributed by atoms with Gasteiger partial charge in [0.15, 0.2) is 0 Å². The van der Waals surface area contributed by atoms with Crippen LogP contribution in [0.2, 0.25) is 0 Å². The number of amides is 1. The van der Waals surface area contributed by atoms with Gasteiger partial charge in [-0.25, -0.2) is 0 Å². The van der Waals surface area contributed by atoms with E-state index in [4.69, 9.17) is 4.74 Å². The van der Waals surface area contributed by atoms with Crippen molar-refractivity contribution in [2.24, 2.45) is 0 Å². The van der Waals surface area contributed by atoms with E-state index < -0.39 is 17.9 Å². The topological polar surface area (TPSA) is 41.6 Å². The van der Waals surface area contributed by atoms with Gasteiger partial charge in [0.25, 0.3) is 5.91 Å². The fourth-order valence-corrected chi connectivity index (χ4v) is 2.37. The second-order valence-electron chi connectivity index (χ2n) is 4.37. The maximum atomic E-state index is 12.3. The Bertz CT molecular complexity index is 262. The molecule has 0 aromatic rings. The van der Waals surface area contributed by atoms with Gasteiger partial charge in [-0.3, -0.25) is 4.79 Å². The Kier molecular flexibility index (Phi) is 3.39. The maximum absolute atomic E-state index is 12.3. The van der Waals surface area contributed by atoms with E-state index in [1.54, 1.807) is 0 Å². The van der Waals surface area contributed by atoms with Gasteiger partial charge in [0.05, 0.1) is 18.8 Å². The largest absolute Gasteiger partial charge is 0.370 e. The lowest BCUT2D eigenvalue weighted by molar-refractivity contribution is -0.163. The smallest absolute Gasteiger partial charge is 0.315 e. The summed E-state index contributed by atoms with van der Waals surface area (Å²) in [5, 5.41) is 3.18. The van der Waals surface area contributed by atoms with Gasteiger partial charge >= 0.3 is 6.43 Å². The van der Waals surface area contributed by atoms with Crippen LogP contribution in [-0.2, 0) is 9.53 Å². The Balaban J connectivity index is 2.00. The highest BCUT2D eigenvalue weighted by Gasteiger charge is 2.40. The van der Waals surface area contributed by atoms with E-state index in [1.165, 1.54) is 4.90 Å². The molecule has 0 aliphatic carbocycles. The molecule has 92 valence electrons. The molecule has 1 unspecified atom stereocenters. The molecule has 1 atom stereocenters. The molecule has 0 bridgehead atoms. The molecule has 0 radical (unpaired) electrons. The van der Waals surface area contributed by atoms with Crippen molar-refractivity contribution in [1.29, 1.82) is 0 Å². The van der Waals surface area contributed by atoms with E-state index >= 15 is 0 Å². The molecule has 2 rings (SSSR count). The summed E-state index contributed by atoms with van der Waals surface area (Å²) in [6.07, 6.45) is -1.13. The molecule has 2 heterocycles. The third-order valence-corrected chi connectivity index (χ3v) is 3.18. The highest BCUT2D eigenvalue weighted by Crippen LogP contribution is 2.26. The number of rotatable bonds is 1. The number of piperidine rings is 1. The Morgan fingerprint density at radius 1 is 1.50 bits per heavy atom. The fraction of sp³-hybridized carbons (Fsp3) is 0.900. The second kappa shape index (κ2) is 4.63. The molecule has 2 aliphatic rings. The monoisotopic (exact) mass is 234 g/mol. The van der Waals surface area contributed by atoms with Crippen LogP contribution in [0.5, 0.6) is 0 Å². The average molecular weight is 234 g/mol. The van der Waals surface area contributed by atoms with Crippen LogP contribution in [0.4, 0.5) is 8.78 Å². The quantitative estimate of drug-likeness (QED) is 0.706. The lowest BCUT2D eigenvalue weighted by atomic mass is 9.92. The lowest BCUT2D eigenvalue weighted by Gasteiger charge is -2.44. The van der Waals surface area contributed by atoms with Crippen molar-refractivity contribution >= 4 is 5.91 Å². The SMILES string of the molecule is O=C(C(F)F)N1CCOC2(CCCNC2)C1. The van der Waals surface area contributed by atoms with E-state index in [2.05, 4.69) is 5.32 Å². The van der Waals surface area contributed by atoms with Crippen molar-refractivity contribution < 1.29 is 18.3 Å². The molecule has 1 amide bonds. The maximum Gasteiger partial charge on any atom is 0.315 e. The van der Waals surface area contributed by atoms with Gasteiger partial charge in [-0.1, -0.05) is 0 Å². The molecular formula is C10H16F2N2O2. The Morgan fingerprint density at radius 2 is 2.31 bits per heavy atom. The van der Waals surface area contributed by atoms with Crippen molar-refractivity contribution in [3.63, 3.8) is 0 Å². The minimum Gasteiger partial charge on any atom is -0.370 e. The van der Waals surface area contributed by atoms with Crippen molar-refractivity contribution in [3.8, 4) is 0 Å². The zero-order valence-corrected chi connectivity index (χ0v) is 9.05. The van der Waals surface area contributed by atoms with E-state index in [0.717, 1.165) is 19.4 Å². The fourth-order valence-electron chi connectivity index (χ4n) is 2.37. The molecule has 6 heteroatoms. The first-order chi connectivity index (χ1) is 7.63. The van der Waals surface area contributed by atoms with Crippen molar-refractivity contribution in [1.82, 2.24) is 10.2 Å². The second-order valence-corrected chi connectivity index (χ2v) is 4.37. The van der Waals surface area contributed by atoms with Crippen LogP contribution in [0.15, 0.2) is 0 Å². The van der Waals surface area contributed by atoms with Crippen LogP contribution in [0.25, 0.3) is 0 Å². The zero-order chi connectivity index (χ0) is 11.6. The number of hydrogen-bond acceptors (Lipinski definition) is 3. The van der Waals surface area contributed by atoms with Gasteiger partial charge in [-0.2, -0.15) is 8.78 Å². The van der Waals surface area contributed by atoms with Gasteiger partial charge in [0, 0.05) is 13.1 Å². The number of nitrogens with one attached hydrogen (secondary N) is 1. The summed E-state index contributed by atoms with van der Waals surface area (Å²) in [6.45, 7) is 2.46. The molecule has 2 saturated heterocycles. The number of nitrogens with zero attached hydrogens (tertiary/aromatic N) is 1. The molecular weight excluding hydrogens is 218 g/mol. The van der Waals surface area contributed by atoms with E-state index in [1.807, 2.05) is 0 Å². The van der Waals surface area contributed by atoms with Crippen molar-refractivity contribution in [3.05, 3.63) is 0 Å². The van der Waals surface area contributed by atoms with E-state index in [-0.39, 0.29) is 13.1 Å². The molecule has 0 saturated carbocycles. The number of carbonyl (C=O) groups is 1. The highest BCUT2D eigenvalue weighted by atomic mass is 19.3. The first-order valence-electron chi connectivity index (χ1n) is 5.55. The molecule has 0 aromatic heterocycles. The minimum atomic E-state index is -2.91. The van der Waals surface area contributed by atoms with Crippen molar-refractivity contribution in [2.45, 2.75) is 24.9 Å². The van der Waals surface area contributed by atoms with Gasteiger partial charge in [0.2, 0.25) is 0 Å². The molecule has 1 N–H and O–H groups in total. The number of morpholine rings is 1. The molecule has 2 fully saturated rings. The first-order valence-corrected chi connectivity index (χ1v) is 5.55. The molecule has 16 heavy (non-hydrogen) atoms. The third kappa shape index (κ3) is 2.32. The van der Waals surface area contributed by atoms with Gasteiger partial charge in [-0.15, -0.1) is 0 Å². The van der Waals surface area contributed by atoms with Crippen molar-refractivity contribution in [2.75, 3.05) is 32.8 Å². The number of alkyl halides is 2. The summed E-state index contributed by atoms with van der Waals surface area (Å²) in [5.74, 6) is -1.08. The first kappa shape index (κ1) is 11.7. The van der Waals surface area contributed by atoms with Gasteiger partial charge < -0.3 is 15.0 Å². The number of ether oxygens (including phenoxy) is 1. The van der Waals surface area contributed by atoms with Gasteiger partial charge in [0.1, 0.15) is 0 Å². The normalized spacial score (nSPS) is 31.1. The number of hydrogen-bond donors (Lipinski definition) is 1. The van der Waals surface area contributed by atoms with E-state index in [0.29, 0.717) is 13.2 Å². The van der Waals surface area contributed by atoms with Crippen LogP contribution in [0.1, 0.15) is 12.8 Å². The Hall–Kier alpha value is -0.750. The standard InChI is InChI=1S/C10H16F2N2O2/c11-8(12)9(15)14-4-5-16-10(7-14)2-1-3-13-6-10/h8,13H,1-7H2. The third-order valence-electron chi connectivity index (χ3n) is 3.18. The summed E-state index contributed by atoms with van der Waals surface area (Å²) in [4.78, 5) is 12.4. The molecule has 1 spiro atoms. The predicted molar refractivity (Wildman–Crippen MR) is 53.4 cm³/mol. The molecule has 2 aliphatic heterocycles. The minimum absolute atomic E-state index is 0.269. The summed E-state index contributed by atoms with van der Waals surface area (Å²) in [7, 11) is 0. The highest BCUT2D eigenvalue weighted by molar-refractivity contribution is 5.79. The number of halogens is 2. The van der Waals surface area contributed by atoms with Crippen LogP contribution in [0.3, 0.4) is 0 Å². The number of carbonyl (C=O) groups excluding carboxylic acids is 1. The summed E-state index contributed by atoms with van der Waals surface area (Å²) < 4.78 is 30.3. The molecule has 4 nitrogen and oxygen atoms in total. The van der Waals surface area contributed by atoms with E-state index in [9.17, 15) is 13.6 Å². The summed E-state index contributed by atoms with van der Waals surface area (Å²) in [6, 6.07) is 0. The van der Waals surface area contributed by atoms with Crippen LogP contribution in [-0.4, -0.2) is 55.6 Å². The summed E-state index contributed by atoms with van der Waals surface area (Å²) in [5.41, 5.74) is -0.443. The van der Waals surface area contributed by atoms with Crippen LogP contribution >= 0.6 is 0 Å². The predicted octanol–water partition coefficient (Wildman–Crippen LogP) is 0.232. The Morgan fingerprint density at radius 3 is 2.94 bits per heavy atom. The average Bonchev–Trinajstić information content (AvgIpc) is 2.29. The Labute approximate surface area is 92.9 Å². The molecule has 0 aromatic carbocycles.